The standard InChI is InChI=1S/C25H25BrN2O5S/c1-32-22-14-18-12-13-28(16-24(29)27-34(30,31)20-10-8-19(26)9-11-20)25(17-6-4-3-5-7-17)21(18)15-23(22)33-2/h3-11,14-15,25H,12-13,16H2,1-2H3,(H,27,29). The van der Waals surface area contributed by atoms with Crippen LogP contribution in [0.4, 0.5) is 0 Å². The first-order chi connectivity index (χ1) is 16.3. The number of rotatable bonds is 7. The van der Waals surface area contributed by atoms with E-state index in [9.17, 15) is 13.2 Å². The summed E-state index contributed by atoms with van der Waals surface area (Å²) in [7, 11) is -0.785. The van der Waals surface area contributed by atoms with Crippen LogP contribution < -0.4 is 14.2 Å². The minimum Gasteiger partial charge on any atom is -0.493 e. The van der Waals surface area contributed by atoms with Crippen molar-refractivity contribution in [3.05, 3.63) is 87.9 Å². The number of halogens is 1. The highest BCUT2D eigenvalue weighted by Crippen LogP contribution is 2.40. The average molecular weight is 545 g/mol. The van der Waals surface area contributed by atoms with E-state index >= 15 is 0 Å². The van der Waals surface area contributed by atoms with Gasteiger partial charge in [-0.15, -0.1) is 0 Å². The van der Waals surface area contributed by atoms with Gasteiger partial charge in [0.1, 0.15) is 0 Å². The largest absolute Gasteiger partial charge is 0.493 e. The van der Waals surface area contributed by atoms with E-state index in [1.807, 2.05) is 47.4 Å². The number of hydrogen-bond acceptors (Lipinski definition) is 6. The molecule has 0 bridgehead atoms. The molecule has 1 aliphatic rings. The summed E-state index contributed by atoms with van der Waals surface area (Å²) in [6, 6.07) is 19.6. The van der Waals surface area contributed by atoms with Crippen molar-refractivity contribution in [1.29, 1.82) is 0 Å². The summed E-state index contributed by atoms with van der Waals surface area (Å²) in [5, 5.41) is 0. The number of fused-ring (bicyclic) bond motifs is 1. The normalized spacial score (nSPS) is 15.9. The molecular weight excluding hydrogens is 520 g/mol. The van der Waals surface area contributed by atoms with Crippen LogP contribution >= 0.6 is 15.9 Å². The van der Waals surface area contributed by atoms with E-state index in [4.69, 9.17) is 9.47 Å². The Morgan fingerprint density at radius 2 is 1.68 bits per heavy atom. The van der Waals surface area contributed by atoms with Crippen LogP contribution in [0.1, 0.15) is 22.7 Å². The molecule has 1 atom stereocenters. The molecule has 7 nitrogen and oxygen atoms in total. The Kier molecular flexibility index (Phi) is 7.25. The minimum atomic E-state index is -3.97. The van der Waals surface area contributed by atoms with Crippen LogP contribution in [0.3, 0.4) is 0 Å². The Labute approximate surface area is 207 Å². The Bertz CT molecular complexity index is 1280. The summed E-state index contributed by atoms with van der Waals surface area (Å²) in [5.41, 5.74) is 3.10. The van der Waals surface area contributed by atoms with Gasteiger partial charge in [-0.1, -0.05) is 46.3 Å². The van der Waals surface area contributed by atoms with E-state index < -0.39 is 15.9 Å². The number of methoxy groups -OCH3 is 2. The van der Waals surface area contributed by atoms with Gasteiger partial charge in [0.05, 0.1) is 31.7 Å². The molecule has 0 saturated heterocycles. The number of carbonyl (C=O) groups is 1. The summed E-state index contributed by atoms with van der Waals surface area (Å²) < 4.78 is 39.4. The molecule has 1 amide bonds. The molecule has 1 unspecified atom stereocenters. The molecule has 3 aromatic carbocycles. The average Bonchev–Trinajstić information content (AvgIpc) is 2.83. The molecule has 0 fully saturated rings. The third-order valence-electron chi connectivity index (χ3n) is 5.81. The van der Waals surface area contributed by atoms with Crippen molar-refractivity contribution >= 4 is 31.9 Å². The molecule has 0 saturated carbocycles. The van der Waals surface area contributed by atoms with Crippen LogP contribution in [-0.4, -0.2) is 46.5 Å². The highest BCUT2D eigenvalue weighted by molar-refractivity contribution is 9.10. The molecule has 178 valence electrons. The van der Waals surface area contributed by atoms with Crippen molar-refractivity contribution in [2.75, 3.05) is 27.3 Å². The van der Waals surface area contributed by atoms with Gasteiger partial charge in [0.25, 0.3) is 10.0 Å². The van der Waals surface area contributed by atoms with Gasteiger partial charge < -0.3 is 9.47 Å². The lowest BCUT2D eigenvalue weighted by atomic mass is 9.87. The molecule has 0 aromatic heterocycles. The highest BCUT2D eigenvalue weighted by atomic mass is 79.9. The smallest absolute Gasteiger partial charge is 0.264 e. The molecule has 4 rings (SSSR count). The quantitative estimate of drug-likeness (QED) is 0.485. The van der Waals surface area contributed by atoms with Crippen LogP contribution in [0.5, 0.6) is 11.5 Å². The molecule has 0 spiro atoms. The van der Waals surface area contributed by atoms with Gasteiger partial charge in [0, 0.05) is 11.0 Å². The van der Waals surface area contributed by atoms with Crippen LogP contribution in [0.2, 0.25) is 0 Å². The topological polar surface area (TPSA) is 84.9 Å². The van der Waals surface area contributed by atoms with Crippen LogP contribution in [0.25, 0.3) is 0 Å². The summed E-state index contributed by atoms with van der Waals surface area (Å²) in [6.07, 6.45) is 0.686. The second-order valence-electron chi connectivity index (χ2n) is 7.92. The van der Waals surface area contributed by atoms with E-state index in [2.05, 4.69) is 20.7 Å². The van der Waals surface area contributed by atoms with Crippen molar-refractivity contribution in [3.8, 4) is 11.5 Å². The first-order valence-electron chi connectivity index (χ1n) is 10.7. The zero-order valence-electron chi connectivity index (χ0n) is 18.8. The van der Waals surface area contributed by atoms with Gasteiger partial charge in [0.2, 0.25) is 5.91 Å². The predicted molar refractivity (Wildman–Crippen MR) is 133 cm³/mol. The molecule has 1 N–H and O–H groups in total. The van der Waals surface area contributed by atoms with Crippen molar-refractivity contribution in [2.24, 2.45) is 0 Å². The maximum Gasteiger partial charge on any atom is 0.264 e. The maximum atomic E-state index is 12.9. The lowest BCUT2D eigenvalue weighted by Gasteiger charge is -2.37. The van der Waals surface area contributed by atoms with Crippen LogP contribution in [0.15, 0.2) is 76.1 Å². The second kappa shape index (κ2) is 10.2. The van der Waals surface area contributed by atoms with E-state index in [1.54, 1.807) is 26.4 Å². The SMILES string of the molecule is COc1cc2c(cc1OC)C(c1ccccc1)N(CC(=O)NS(=O)(=O)c1ccc(Br)cc1)CC2. The molecule has 34 heavy (non-hydrogen) atoms. The number of nitrogens with one attached hydrogen (secondary N) is 1. The Hall–Kier alpha value is -2.88. The van der Waals surface area contributed by atoms with Gasteiger partial charge in [0.15, 0.2) is 11.5 Å². The fourth-order valence-corrected chi connectivity index (χ4v) is 5.47. The Morgan fingerprint density at radius 1 is 1.03 bits per heavy atom. The molecule has 1 heterocycles. The zero-order valence-corrected chi connectivity index (χ0v) is 21.2. The lowest BCUT2D eigenvalue weighted by Crippen LogP contribution is -2.44. The number of nitrogens with zero attached hydrogens (tertiary/aromatic N) is 1. The molecular formula is C25H25BrN2O5S. The van der Waals surface area contributed by atoms with Crippen molar-refractivity contribution in [2.45, 2.75) is 17.4 Å². The fraction of sp³-hybridized carbons (Fsp3) is 0.240. The van der Waals surface area contributed by atoms with Gasteiger partial charge in [-0.2, -0.15) is 0 Å². The number of sulfonamides is 1. The summed E-state index contributed by atoms with van der Waals surface area (Å²) >= 11 is 3.28. The molecule has 1 aliphatic heterocycles. The first-order valence-corrected chi connectivity index (χ1v) is 12.9. The number of amides is 1. The number of hydrogen-bond donors (Lipinski definition) is 1. The fourth-order valence-electron chi connectivity index (χ4n) is 4.23. The Balaban J connectivity index is 1.63. The number of benzene rings is 3. The Morgan fingerprint density at radius 3 is 2.32 bits per heavy atom. The zero-order chi connectivity index (χ0) is 24.3. The van der Waals surface area contributed by atoms with E-state index in [0.29, 0.717) is 24.5 Å². The van der Waals surface area contributed by atoms with Crippen molar-refractivity contribution < 1.29 is 22.7 Å². The van der Waals surface area contributed by atoms with E-state index in [-0.39, 0.29) is 17.5 Å². The number of carbonyl (C=O) groups excluding carboxylic acids is 1. The van der Waals surface area contributed by atoms with E-state index in [1.165, 1.54) is 12.1 Å². The third kappa shape index (κ3) is 5.11. The van der Waals surface area contributed by atoms with Gasteiger partial charge in [-0.3, -0.25) is 9.69 Å². The van der Waals surface area contributed by atoms with Gasteiger partial charge in [-0.25, -0.2) is 13.1 Å². The third-order valence-corrected chi connectivity index (χ3v) is 7.73. The maximum absolute atomic E-state index is 12.9. The van der Waals surface area contributed by atoms with E-state index in [0.717, 1.165) is 21.2 Å². The van der Waals surface area contributed by atoms with Gasteiger partial charge in [-0.05, 0) is 59.5 Å². The van der Waals surface area contributed by atoms with Crippen molar-refractivity contribution in [3.63, 3.8) is 0 Å². The summed E-state index contributed by atoms with van der Waals surface area (Å²) in [5.74, 6) is 0.666. The summed E-state index contributed by atoms with van der Waals surface area (Å²) in [4.78, 5) is 14.9. The predicted octanol–water partition coefficient (Wildman–Crippen LogP) is 3.92. The second-order valence-corrected chi connectivity index (χ2v) is 10.5. The van der Waals surface area contributed by atoms with Crippen molar-refractivity contribution in [1.82, 2.24) is 9.62 Å². The lowest BCUT2D eigenvalue weighted by molar-refractivity contribution is -0.121. The highest BCUT2D eigenvalue weighted by Gasteiger charge is 2.32. The first kappa shape index (κ1) is 24.3. The summed E-state index contributed by atoms with van der Waals surface area (Å²) in [6.45, 7) is 0.497. The number of ether oxygens (including phenoxy) is 2. The molecule has 3 aromatic rings. The van der Waals surface area contributed by atoms with Crippen LogP contribution in [0, 0.1) is 0 Å². The molecule has 9 heteroatoms. The van der Waals surface area contributed by atoms with Crippen LogP contribution in [-0.2, 0) is 21.2 Å². The van der Waals surface area contributed by atoms with Gasteiger partial charge >= 0.3 is 0 Å². The minimum absolute atomic E-state index is 0.0319. The molecule has 0 radical (unpaired) electrons. The monoisotopic (exact) mass is 544 g/mol. The molecule has 0 aliphatic carbocycles.